The fraction of sp³-hybridized carbons (Fsp3) is 0.500. The number of aliphatic carboxylic acids is 1. The smallest absolute Gasteiger partial charge is 0.326 e. The zero-order valence-corrected chi connectivity index (χ0v) is 16.1. The lowest BCUT2D eigenvalue weighted by molar-refractivity contribution is -0.155. The molecule has 1 heterocycles. The first-order valence-electron chi connectivity index (χ1n) is 9.40. The molecule has 3 atom stereocenters. The predicted molar refractivity (Wildman–Crippen MR) is 100 cm³/mol. The molecule has 1 aliphatic heterocycles. The molecule has 0 radical (unpaired) electrons. The number of ether oxygens (including phenoxy) is 1. The summed E-state index contributed by atoms with van der Waals surface area (Å²) in [5.41, 5.74) is 1.04. The van der Waals surface area contributed by atoms with Crippen LogP contribution in [0.15, 0.2) is 30.3 Å². The number of carbonyl (C=O) groups excluding carboxylic acids is 3. The van der Waals surface area contributed by atoms with Crippen LogP contribution in [0.1, 0.15) is 38.7 Å². The molecule has 1 aromatic rings. The van der Waals surface area contributed by atoms with Crippen LogP contribution in [0.4, 0.5) is 0 Å². The monoisotopic (exact) mass is 390 g/mol. The molecule has 0 spiro atoms. The van der Waals surface area contributed by atoms with Crippen LogP contribution < -0.4 is 5.32 Å². The Balaban J connectivity index is 2.06. The second kappa shape index (κ2) is 9.98. The summed E-state index contributed by atoms with van der Waals surface area (Å²) in [5, 5.41) is 12.2. The van der Waals surface area contributed by atoms with Gasteiger partial charge in [-0.25, -0.2) is 4.79 Å². The molecule has 2 rings (SSSR count). The van der Waals surface area contributed by atoms with Crippen molar-refractivity contribution in [2.45, 2.75) is 57.7 Å². The van der Waals surface area contributed by atoms with E-state index < -0.39 is 41.9 Å². The molecular weight excluding hydrogens is 364 g/mol. The van der Waals surface area contributed by atoms with Crippen molar-refractivity contribution in [2.75, 3.05) is 6.61 Å². The lowest BCUT2D eigenvalue weighted by atomic mass is 10.0. The van der Waals surface area contributed by atoms with Crippen LogP contribution in [0, 0.1) is 0 Å². The van der Waals surface area contributed by atoms with Gasteiger partial charge in [-0.05, 0) is 38.7 Å². The molecule has 0 unspecified atom stereocenters. The first-order valence-corrected chi connectivity index (χ1v) is 9.40. The molecule has 1 fully saturated rings. The van der Waals surface area contributed by atoms with E-state index in [1.165, 1.54) is 6.92 Å². The van der Waals surface area contributed by atoms with Gasteiger partial charge in [-0.2, -0.15) is 0 Å². The minimum absolute atomic E-state index is 0.0186. The van der Waals surface area contributed by atoms with Gasteiger partial charge in [-0.3, -0.25) is 24.6 Å². The Labute approximate surface area is 163 Å². The van der Waals surface area contributed by atoms with Gasteiger partial charge in [-0.15, -0.1) is 0 Å². The zero-order chi connectivity index (χ0) is 20.7. The van der Waals surface area contributed by atoms with Gasteiger partial charge in [0.2, 0.25) is 11.8 Å². The Morgan fingerprint density at radius 1 is 1.29 bits per heavy atom. The fourth-order valence-electron chi connectivity index (χ4n) is 3.24. The van der Waals surface area contributed by atoms with E-state index in [-0.39, 0.29) is 19.4 Å². The van der Waals surface area contributed by atoms with E-state index in [0.717, 1.165) is 10.5 Å². The number of amides is 2. The summed E-state index contributed by atoms with van der Waals surface area (Å²) in [6.45, 7) is 3.42. The van der Waals surface area contributed by atoms with E-state index >= 15 is 0 Å². The number of imide groups is 1. The van der Waals surface area contributed by atoms with Crippen LogP contribution in [0.5, 0.6) is 0 Å². The number of nitrogens with zero attached hydrogens (tertiary/aromatic N) is 1. The number of likely N-dealkylation sites (tertiary alicyclic amines) is 1. The third-order valence-corrected chi connectivity index (χ3v) is 4.69. The maximum absolute atomic E-state index is 12.7. The highest BCUT2D eigenvalue weighted by atomic mass is 16.5. The molecule has 0 aromatic heterocycles. The molecule has 0 bridgehead atoms. The number of carboxylic acids is 1. The zero-order valence-electron chi connectivity index (χ0n) is 16.1. The third-order valence-electron chi connectivity index (χ3n) is 4.69. The van der Waals surface area contributed by atoms with Gasteiger partial charge >= 0.3 is 11.9 Å². The quantitative estimate of drug-likeness (QED) is 0.608. The molecule has 2 N–H and O–H groups in total. The summed E-state index contributed by atoms with van der Waals surface area (Å²) in [6.07, 6.45) is 1.11. The molecule has 1 saturated heterocycles. The highest BCUT2D eigenvalue weighted by Gasteiger charge is 2.42. The van der Waals surface area contributed by atoms with E-state index in [1.54, 1.807) is 6.92 Å². The number of nitrogens with one attached hydrogen (secondary N) is 1. The van der Waals surface area contributed by atoms with Gasteiger partial charge < -0.3 is 9.84 Å². The maximum atomic E-state index is 12.7. The van der Waals surface area contributed by atoms with Crippen LogP contribution in [-0.4, -0.2) is 58.5 Å². The number of aryl methyl sites for hydroxylation is 1. The molecule has 28 heavy (non-hydrogen) atoms. The van der Waals surface area contributed by atoms with Gasteiger partial charge in [0, 0.05) is 6.42 Å². The number of rotatable bonds is 9. The number of carboxylic acid groups (broad SMARTS) is 1. The standard InChI is InChI=1S/C20H26N2O6/c1-3-28-20(27)15(10-9-14-7-5-4-6-8-14)21-13(2)18(24)22-16(19(25)26)11-12-17(22)23/h4-8,13,15-16,21H,3,9-12H2,1-2H3,(H,25,26)/t13-,15+,16+/m1/s1. The van der Waals surface area contributed by atoms with E-state index in [1.807, 2.05) is 30.3 Å². The van der Waals surface area contributed by atoms with E-state index in [4.69, 9.17) is 4.74 Å². The highest BCUT2D eigenvalue weighted by molar-refractivity contribution is 6.03. The SMILES string of the molecule is CCOC(=O)[C@H](CCc1ccccc1)N[C@H](C)C(=O)N1C(=O)CC[C@H]1C(=O)O. The van der Waals surface area contributed by atoms with Crippen LogP contribution in [0.3, 0.4) is 0 Å². The molecule has 152 valence electrons. The Morgan fingerprint density at radius 3 is 2.57 bits per heavy atom. The van der Waals surface area contributed by atoms with Gasteiger partial charge in [0.05, 0.1) is 12.6 Å². The average molecular weight is 390 g/mol. The number of carbonyl (C=O) groups is 4. The van der Waals surface area contributed by atoms with E-state index in [0.29, 0.717) is 12.8 Å². The van der Waals surface area contributed by atoms with Gasteiger partial charge in [0.1, 0.15) is 12.1 Å². The van der Waals surface area contributed by atoms with Crippen molar-refractivity contribution in [1.82, 2.24) is 10.2 Å². The number of hydrogen-bond donors (Lipinski definition) is 2. The Bertz CT molecular complexity index is 721. The van der Waals surface area contributed by atoms with Crippen LogP contribution in [-0.2, 0) is 30.3 Å². The Kier molecular flexibility index (Phi) is 7.69. The predicted octanol–water partition coefficient (Wildman–Crippen LogP) is 1.13. The largest absolute Gasteiger partial charge is 0.480 e. The van der Waals surface area contributed by atoms with Crippen LogP contribution >= 0.6 is 0 Å². The topological polar surface area (TPSA) is 113 Å². The molecule has 8 nitrogen and oxygen atoms in total. The molecule has 1 aromatic carbocycles. The van der Waals surface area contributed by atoms with Crippen molar-refractivity contribution in [3.05, 3.63) is 35.9 Å². The first kappa shape index (κ1) is 21.6. The normalized spacial score (nSPS) is 18.6. The van der Waals surface area contributed by atoms with Crippen molar-refractivity contribution >= 4 is 23.8 Å². The van der Waals surface area contributed by atoms with Crippen molar-refractivity contribution in [3.63, 3.8) is 0 Å². The molecule has 1 aliphatic rings. The molecule has 0 saturated carbocycles. The van der Waals surface area contributed by atoms with Crippen molar-refractivity contribution in [2.24, 2.45) is 0 Å². The van der Waals surface area contributed by atoms with Crippen LogP contribution in [0.25, 0.3) is 0 Å². The maximum Gasteiger partial charge on any atom is 0.326 e. The van der Waals surface area contributed by atoms with Gasteiger partial charge in [0.25, 0.3) is 0 Å². The van der Waals surface area contributed by atoms with Gasteiger partial charge in [-0.1, -0.05) is 30.3 Å². The highest BCUT2D eigenvalue weighted by Crippen LogP contribution is 2.20. The van der Waals surface area contributed by atoms with Crippen LogP contribution in [0.2, 0.25) is 0 Å². The third kappa shape index (κ3) is 5.39. The summed E-state index contributed by atoms with van der Waals surface area (Å²) < 4.78 is 5.09. The molecule has 2 amide bonds. The molecule has 0 aliphatic carbocycles. The lowest BCUT2D eigenvalue weighted by Gasteiger charge is -2.26. The Hall–Kier alpha value is -2.74. The van der Waals surface area contributed by atoms with Crippen molar-refractivity contribution in [3.8, 4) is 0 Å². The summed E-state index contributed by atoms with van der Waals surface area (Å²) in [5.74, 6) is -2.86. The lowest BCUT2D eigenvalue weighted by Crippen LogP contribution is -2.54. The van der Waals surface area contributed by atoms with E-state index in [2.05, 4.69) is 5.32 Å². The minimum Gasteiger partial charge on any atom is -0.480 e. The number of hydrogen-bond acceptors (Lipinski definition) is 6. The molecule has 8 heteroatoms. The average Bonchev–Trinajstić information content (AvgIpc) is 3.07. The Morgan fingerprint density at radius 2 is 1.96 bits per heavy atom. The minimum atomic E-state index is -1.21. The number of benzene rings is 1. The van der Waals surface area contributed by atoms with Crippen molar-refractivity contribution < 1.29 is 29.0 Å². The summed E-state index contributed by atoms with van der Waals surface area (Å²) in [4.78, 5) is 49.1. The summed E-state index contributed by atoms with van der Waals surface area (Å²) in [6, 6.07) is 6.77. The van der Waals surface area contributed by atoms with E-state index in [9.17, 15) is 24.3 Å². The fourth-order valence-corrected chi connectivity index (χ4v) is 3.24. The number of esters is 1. The summed E-state index contributed by atoms with van der Waals surface area (Å²) >= 11 is 0. The van der Waals surface area contributed by atoms with Gasteiger partial charge in [0.15, 0.2) is 0 Å². The summed E-state index contributed by atoms with van der Waals surface area (Å²) in [7, 11) is 0. The second-order valence-electron chi connectivity index (χ2n) is 6.71. The molecular formula is C20H26N2O6. The second-order valence-corrected chi connectivity index (χ2v) is 6.71. The van der Waals surface area contributed by atoms with Crippen molar-refractivity contribution in [1.29, 1.82) is 0 Å². The first-order chi connectivity index (χ1) is 13.3.